The van der Waals surface area contributed by atoms with Crippen LogP contribution in [0, 0.1) is 17.3 Å². The van der Waals surface area contributed by atoms with E-state index in [1.165, 1.54) is 5.57 Å². The molecular formula is C23H31N3O2. The molecule has 2 atom stereocenters. The topological polar surface area (TPSA) is 56.0 Å². The Morgan fingerprint density at radius 2 is 1.79 bits per heavy atom. The van der Waals surface area contributed by atoms with Crippen LogP contribution in [0.15, 0.2) is 46.8 Å². The van der Waals surface area contributed by atoms with Crippen molar-refractivity contribution in [2.45, 2.75) is 47.5 Å². The van der Waals surface area contributed by atoms with Crippen LogP contribution in [0.5, 0.6) is 0 Å². The molecule has 1 aromatic heterocycles. The zero-order chi connectivity index (χ0) is 20.8. The minimum Gasteiger partial charge on any atom is -0.320 e. The van der Waals surface area contributed by atoms with Crippen LogP contribution in [0.4, 0.5) is 5.69 Å². The SMILES string of the molecule is CC(C)=CC1C(C(=O)Nc2c(C(C)C)n(C)n(-c3ccccc3)c2=O)C1(C)C. The highest BCUT2D eigenvalue weighted by molar-refractivity contribution is 5.96. The minimum atomic E-state index is -0.192. The molecule has 0 radical (unpaired) electrons. The van der Waals surface area contributed by atoms with Crippen LogP contribution in [-0.2, 0) is 11.8 Å². The summed E-state index contributed by atoms with van der Waals surface area (Å²) >= 11 is 0. The van der Waals surface area contributed by atoms with E-state index in [2.05, 4.69) is 39.1 Å². The molecule has 2 aromatic rings. The van der Waals surface area contributed by atoms with Crippen LogP contribution in [0.3, 0.4) is 0 Å². The molecule has 1 heterocycles. The lowest BCUT2D eigenvalue weighted by molar-refractivity contribution is -0.118. The summed E-state index contributed by atoms with van der Waals surface area (Å²) < 4.78 is 3.47. The van der Waals surface area contributed by atoms with E-state index in [0.717, 1.165) is 11.4 Å². The Bertz CT molecular complexity index is 973. The van der Waals surface area contributed by atoms with Gasteiger partial charge in [0.1, 0.15) is 5.69 Å². The van der Waals surface area contributed by atoms with E-state index in [1.807, 2.05) is 55.9 Å². The van der Waals surface area contributed by atoms with Gasteiger partial charge in [0, 0.05) is 7.05 Å². The molecule has 1 amide bonds. The van der Waals surface area contributed by atoms with Crippen molar-refractivity contribution in [3.63, 3.8) is 0 Å². The zero-order valence-corrected chi connectivity index (χ0v) is 17.9. The number of allylic oxidation sites excluding steroid dienone is 2. The lowest BCUT2D eigenvalue weighted by atomic mass is 10.1. The van der Waals surface area contributed by atoms with Gasteiger partial charge in [-0.15, -0.1) is 0 Å². The van der Waals surface area contributed by atoms with Gasteiger partial charge in [0.25, 0.3) is 5.56 Å². The van der Waals surface area contributed by atoms with Gasteiger partial charge in [-0.3, -0.25) is 14.3 Å². The number of hydrogen-bond acceptors (Lipinski definition) is 2. The monoisotopic (exact) mass is 381 g/mol. The van der Waals surface area contributed by atoms with Gasteiger partial charge >= 0.3 is 0 Å². The standard InChI is InChI=1S/C23H31N3O2/c1-14(2)13-17-18(23(17,5)6)21(27)24-19-20(15(3)4)25(7)26(22(19)28)16-11-9-8-10-12-16/h8-13,15,17-18H,1-7H3,(H,24,27). The number of benzene rings is 1. The van der Waals surface area contributed by atoms with Gasteiger partial charge < -0.3 is 5.32 Å². The van der Waals surface area contributed by atoms with Crippen molar-refractivity contribution in [3.8, 4) is 5.69 Å². The van der Waals surface area contributed by atoms with E-state index in [-0.39, 0.29) is 34.6 Å². The van der Waals surface area contributed by atoms with Crippen LogP contribution in [0.25, 0.3) is 5.69 Å². The summed E-state index contributed by atoms with van der Waals surface area (Å²) in [5, 5.41) is 2.99. The number of nitrogens with zero attached hydrogens (tertiary/aromatic N) is 2. The number of rotatable bonds is 5. The quantitative estimate of drug-likeness (QED) is 0.777. The molecule has 1 aliphatic carbocycles. The molecule has 1 saturated carbocycles. The van der Waals surface area contributed by atoms with Crippen molar-refractivity contribution in [2.24, 2.45) is 24.3 Å². The van der Waals surface area contributed by atoms with Crippen LogP contribution in [-0.4, -0.2) is 15.3 Å². The second kappa shape index (κ2) is 7.12. The van der Waals surface area contributed by atoms with Crippen molar-refractivity contribution in [2.75, 3.05) is 5.32 Å². The van der Waals surface area contributed by atoms with Crippen molar-refractivity contribution >= 4 is 11.6 Å². The highest BCUT2D eigenvalue weighted by Gasteiger charge is 2.60. The van der Waals surface area contributed by atoms with E-state index < -0.39 is 0 Å². The van der Waals surface area contributed by atoms with Crippen molar-refractivity contribution in [1.29, 1.82) is 0 Å². The van der Waals surface area contributed by atoms with Gasteiger partial charge in [-0.2, -0.15) is 0 Å². The number of carbonyl (C=O) groups is 1. The van der Waals surface area contributed by atoms with Crippen LogP contribution in [0.2, 0.25) is 0 Å². The summed E-state index contributed by atoms with van der Waals surface area (Å²) in [6.45, 7) is 12.4. The first-order chi connectivity index (χ1) is 13.1. The average Bonchev–Trinajstić information content (AvgIpc) is 3.03. The third-order valence-electron chi connectivity index (χ3n) is 5.81. The summed E-state index contributed by atoms with van der Waals surface area (Å²) in [5.41, 5.74) is 2.94. The van der Waals surface area contributed by atoms with Crippen molar-refractivity contribution in [1.82, 2.24) is 9.36 Å². The van der Waals surface area contributed by atoms with Crippen LogP contribution >= 0.6 is 0 Å². The van der Waals surface area contributed by atoms with E-state index in [0.29, 0.717) is 5.69 Å². The highest BCUT2D eigenvalue weighted by Crippen LogP contribution is 2.59. The van der Waals surface area contributed by atoms with E-state index >= 15 is 0 Å². The Hall–Kier alpha value is -2.56. The van der Waals surface area contributed by atoms with Crippen LogP contribution < -0.4 is 10.9 Å². The molecular weight excluding hydrogens is 350 g/mol. The molecule has 1 N–H and O–H groups in total. The largest absolute Gasteiger partial charge is 0.320 e. The first kappa shape index (κ1) is 20.2. The average molecular weight is 382 g/mol. The predicted octanol–water partition coefficient (Wildman–Crippen LogP) is 4.48. The molecule has 5 heteroatoms. The molecule has 0 aliphatic heterocycles. The lowest BCUT2D eigenvalue weighted by Crippen LogP contribution is -2.24. The van der Waals surface area contributed by atoms with Gasteiger partial charge in [-0.1, -0.05) is 57.5 Å². The summed E-state index contributed by atoms with van der Waals surface area (Å²) in [7, 11) is 1.87. The first-order valence-electron chi connectivity index (χ1n) is 9.90. The Labute approximate surface area is 167 Å². The highest BCUT2D eigenvalue weighted by atomic mass is 16.2. The Morgan fingerprint density at radius 3 is 2.32 bits per heavy atom. The van der Waals surface area contributed by atoms with E-state index in [4.69, 9.17) is 0 Å². The summed E-state index contributed by atoms with van der Waals surface area (Å²) in [6.07, 6.45) is 2.17. The van der Waals surface area contributed by atoms with Gasteiger partial charge in [-0.05, 0) is 43.2 Å². The molecule has 5 nitrogen and oxygen atoms in total. The first-order valence-corrected chi connectivity index (χ1v) is 9.90. The zero-order valence-electron chi connectivity index (χ0n) is 17.9. The summed E-state index contributed by atoms with van der Waals surface area (Å²) in [4.78, 5) is 26.3. The Balaban J connectivity index is 2.00. The van der Waals surface area contributed by atoms with Crippen molar-refractivity contribution in [3.05, 3.63) is 58.0 Å². The summed E-state index contributed by atoms with van der Waals surface area (Å²) in [5.74, 6) is 0.114. The molecule has 0 saturated heterocycles. The molecule has 0 bridgehead atoms. The number of carbonyl (C=O) groups excluding carboxylic acids is 1. The second-order valence-corrected chi connectivity index (χ2v) is 8.95. The van der Waals surface area contributed by atoms with Gasteiger partial charge in [-0.25, -0.2) is 4.68 Å². The number of nitrogens with one attached hydrogen (secondary N) is 1. The maximum absolute atomic E-state index is 13.2. The fraction of sp³-hybridized carbons (Fsp3) is 0.478. The van der Waals surface area contributed by atoms with Gasteiger partial charge in [0.2, 0.25) is 5.91 Å². The number of anilines is 1. The van der Waals surface area contributed by atoms with Gasteiger partial charge in [0.15, 0.2) is 0 Å². The molecule has 3 rings (SSSR count). The third kappa shape index (κ3) is 3.34. The smallest absolute Gasteiger partial charge is 0.295 e. The lowest BCUT2D eigenvalue weighted by Gasteiger charge is -2.13. The Morgan fingerprint density at radius 1 is 1.18 bits per heavy atom. The van der Waals surface area contributed by atoms with E-state index in [9.17, 15) is 9.59 Å². The van der Waals surface area contributed by atoms with E-state index in [1.54, 1.807) is 4.68 Å². The van der Waals surface area contributed by atoms with Crippen LogP contribution in [0.1, 0.15) is 53.2 Å². The number of hydrogen-bond donors (Lipinski definition) is 1. The maximum Gasteiger partial charge on any atom is 0.295 e. The third-order valence-corrected chi connectivity index (χ3v) is 5.81. The molecule has 150 valence electrons. The predicted molar refractivity (Wildman–Crippen MR) is 114 cm³/mol. The minimum absolute atomic E-state index is 0.0719. The Kier molecular flexibility index (Phi) is 5.13. The molecule has 2 unspecified atom stereocenters. The van der Waals surface area contributed by atoms with Crippen molar-refractivity contribution < 1.29 is 4.79 Å². The molecule has 0 spiro atoms. The molecule has 1 fully saturated rings. The maximum atomic E-state index is 13.2. The fourth-order valence-electron chi connectivity index (χ4n) is 4.31. The fourth-order valence-corrected chi connectivity index (χ4v) is 4.31. The molecule has 1 aromatic carbocycles. The number of aromatic nitrogens is 2. The van der Waals surface area contributed by atoms with Gasteiger partial charge in [0.05, 0.1) is 17.3 Å². The second-order valence-electron chi connectivity index (χ2n) is 8.95. The normalized spacial score (nSPS) is 20.1. The number of amides is 1. The molecule has 28 heavy (non-hydrogen) atoms. The summed E-state index contributed by atoms with van der Waals surface area (Å²) in [6, 6.07) is 9.51. The number of para-hydroxylation sites is 1. The molecule has 1 aliphatic rings.